The van der Waals surface area contributed by atoms with Crippen LogP contribution in [0.25, 0.3) is 0 Å². The van der Waals surface area contributed by atoms with Gasteiger partial charge in [-0.2, -0.15) is 0 Å². The minimum Gasteiger partial charge on any atom is -0.396 e. The van der Waals surface area contributed by atoms with E-state index in [1.54, 1.807) is 6.92 Å². The Kier molecular flexibility index (Phi) is 15.8. The summed E-state index contributed by atoms with van der Waals surface area (Å²) in [4.78, 5) is 17.5. The van der Waals surface area contributed by atoms with Crippen molar-refractivity contribution in [3.63, 3.8) is 0 Å². The van der Waals surface area contributed by atoms with Gasteiger partial charge in [0.2, 0.25) is 0 Å². The third-order valence-electron chi connectivity index (χ3n) is 9.63. The van der Waals surface area contributed by atoms with Crippen molar-refractivity contribution in [2.75, 3.05) is 36.8 Å². The fourth-order valence-corrected chi connectivity index (χ4v) is 7.72. The number of ketones is 1. The molecule has 1 saturated heterocycles. The number of piperidine rings is 1. The van der Waals surface area contributed by atoms with Gasteiger partial charge in [-0.15, -0.1) is 37.9 Å². The van der Waals surface area contributed by atoms with Gasteiger partial charge in [-0.25, -0.2) is 0 Å². The topological polar surface area (TPSA) is 78.6 Å². The quantitative estimate of drug-likeness (QED) is 0.0569. The number of Topliss-reactive ketones (excluding diaryl/α,β-unsaturated/α-hetero) is 1. The average Bonchev–Trinajstić information content (AvgIpc) is 2.94. The number of thiol groups is 3. The van der Waals surface area contributed by atoms with E-state index in [4.69, 9.17) is 43.6 Å². The third kappa shape index (κ3) is 9.99. The second kappa shape index (κ2) is 17.7. The van der Waals surface area contributed by atoms with Crippen molar-refractivity contribution in [1.29, 1.82) is 0 Å². The number of rotatable bonds is 18. The Bertz CT molecular complexity index is 937. The van der Waals surface area contributed by atoms with Crippen LogP contribution >= 0.6 is 37.9 Å². The summed E-state index contributed by atoms with van der Waals surface area (Å²) in [6.07, 6.45) is 9.90. The Hall–Kier alpha value is -0.540. The summed E-state index contributed by atoms with van der Waals surface area (Å²) in [6, 6.07) is 0. The van der Waals surface area contributed by atoms with Crippen molar-refractivity contribution in [2.45, 2.75) is 133 Å². The molecule has 0 bridgehead atoms. The Balaban J connectivity index is 2.22. The van der Waals surface area contributed by atoms with Gasteiger partial charge in [0.05, 0.1) is 17.5 Å². The highest BCUT2D eigenvalue weighted by Gasteiger charge is 2.38. The summed E-state index contributed by atoms with van der Waals surface area (Å²) in [5.41, 5.74) is 9.17. The first kappa shape index (κ1) is 36.7. The molecular weight excluding hydrogens is 567 g/mol. The van der Waals surface area contributed by atoms with E-state index in [0.717, 1.165) is 103 Å². The number of hydrogen-bond acceptors (Lipinski definition) is 8. The predicted octanol–water partition coefficient (Wildman–Crippen LogP) is 7.87. The molecule has 0 amide bonds. The van der Waals surface area contributed by atoms with Crippen LogP contribution in [0, 0.1) is 23.2 Å². The molecule has 0 spiro atoms. The van der Waals surface area contributed by atoms with E-state index in [0.29, 0.717) is 23.9 Å². The number of aliphatic hydroxyl groups excluding tert-OH is 1. The molecule has 8 heteroatoms. The standard InChI is InChI=1S/C33H59N3O2S3/c1-7-20-36(29-28(34)30(39)26(31(40)32(29)41)12-10-9-11-22(3)4)21-14-25(23(5)8-2)27(38)13-15-33(24(6)37)16-18-35-19-17-33/h22-23,25,27,35,38-41H,7-21,34H2,1-6H3. The highest BCUT2D eigenvalue weighted by Crippen LogP contribution is 2.44. The largest absolute Gasteiger partial charge is 0.396 e. The summed E-state index contributed by atoms with van der Waals surface area (Å²) < 4.78 is 0. The number of anilines is 2. The molecule has 1 fully saturated rings. The molecule has 1 heterocycles. The maximum Gasteiger partial charge on any atom is 0.136 e. The lowest BCUT2D eigenvalue weighted by molar-refractivity contribution is -0.129. The number of nitrogens with zero attached hydrogens (tertiary/aromatic N) is 1. The van der Waals surface area contributed by atoms with E-state index in [1.165, 1.54) is 12.8 Å². The number of unbranched alkanes of at least 4 members (excludes halogenated alkanes) is 1. The summed E-state index contributed by atoms with van der Waals surface area (Å²) in [5, 5.41) is 14.9. The number of nitrogen functional groups attached to an aromatic ring is 1. The lowest BCUT2D eigenvalue weighted by Crippen LogP contribution is -2.42. The van der Waals surface area contributed by atoms with Crippen LogP contribution in [0.4, 0.5) is 11.4 Å². The number of carbonyl (C=O) groups is 1. The molecule has 3 atom stereocenters. The average molecular weight is 626 g/mol. The van der Waals surface area contributed by atoms with Gasteiger partial charge in [-0.1, -0.05) is 53.9 Å². The molecule has 1 aliphatic heterocycles. The normalized spacial score (nSPS) is 17.4. The zero-order valence-corrected chi connectivity index (χ0v) is 29.3. The van der Waals surface area contributed by atoms with Crippen LogP contribution in [0.3, 0.4) is 0 Å². The van der Waals surface area contributed by atoms with Gasteiger partial charge in [0, 0.05) is 33.2 Å². The van der Waals surface area contributed by atoms with Gasteiger partial charge in [0.15, 0.2) is 0 Å². The number of nitrogens with two attached hydrogens (primary N) is 1. The number of hydrogen-bond donors (Lipinski definition) is 6. The van der Waals surface area contributed by atoms with Crippen LogP contribution < -0.4 is 16.0 Å². The smallest absolute Gasteiger partial charge is 0.136 e. The van der Waals surface area contributed by atoms with E-state index in [-0.39, 0.29) is 17.1 Å². The zero-order chi connectivity index (χ0) is 30.7. The number of benzene rings is 1. The van der Waals surface area contributed by atoms with Crippen LogP contribution in [-0.4, -0.2) is 43.2 Å². The lowest BCUT2D eigenvalue weighted by Gasteiger charge is -2.38. The minimum atomic E-state index is -0.443. The monoisotopic (exact) mass is 625 g/mol. The molecule has 0 saturated carbocycles. The van der Waals surface area contributed by atoms with E-state index in [9.17, 15) is 9.90 Å². The molecule has 4 N–H and O–H groups in total. The number of nitrogens with one attached hydrogen (secondary N) is 1. The molecule has 0 aliphatic carbocycles. The molecule has 3 unspecified atom stereocenters. The van der Waals surface area contributed by atoms with Gasteiger partial charge in [0.1, 0.15) is 5.78 Å². The second-order valence-electron chi connectivity index (χ2n) is 12.9. The first-order valence-corrected chi connectivity index (χ1v) is 17.4. The number of aliphatic hydroxyl groups is 1. The number of carbonyl (C=O) groups excluding carboxylic acids is 1. The Morgan fingerprint density at radius 3 is 2.22 bits per heavy atom. The molecular formula is C33H59N3O2S3. The van der Waals surface area contributed by atoms with Crippen molar-refractivity contribution in [3.8, 4) is 0 Å². The van der Waals surface area contributed by atoms with Crippen LogP contribution in [-0.2, 0) is 11.2 Å². The Labute approximate surface area is 267 Å². The SMILES string of the molecule is CCCN(CCC(C(C)CC)C(O)CCC1(C(C)=O)CCNCC1)c1c(N)c(S)c(CCCCC(C)C)c(S)c1S. The first-order valence-electron chi connectivity index (χ1n) is 16.1. The molecule has 0 aromatic heterocycles. The molecule has 2 rings (SSSR count). The maximum absolute atomic E-state index is 12.6. The second-order valence-corrected chi connectivity index (χ2v) is 14.3. The predicted molar refractivity (Wildman–Crippen MR) is 186 cm³/mol. The van der Waals surface area contributed by atoms with E-state index < -0.39 is 6.10 Å². The fourth-order valence-electron chi connectivity index (χ4n) is 6.57. The minimum absolute atomic E-state index is 0.140. The van der Waals surface area contributed by atoms with E-state index in [1.807, 2.05) is 0 Å². The summed E-state index contributed by atoms with van der Waals surface area (Å²) >= 11 is 14.8. The molecule has 1 aliphatic rings. The fraction of sp³-hybridized carbons (Fsp3) is 0.788. The summed E-state index contributed by atoms with van der Waals surface area (Å²) in [6.45, 7) is 16.2. The van der Waals surface area contributed by atoms with Crippen molar-refractivity contribution in [2.24, 2.45) is 23.2 Å². The highest BCUT2D eigenvalue weighted by molar-refractivity contribution is 7.84. The van der Waals surface area contributed by atoms with Crippen LogP contribution in [0.15, 0.2) is 14.7 Å². The van der Waals surface area contributed by atoms with Gasteiger partial charge in [-0.3, -0.25) is 4.79 Å². The molecule has 1 aromatic carbocycles. The molecule has 236 valence electrons. The van der Waals surface area contributed by atoms with E-state index >= 15 is 0 Å². The molecule has 1 aromatic rings. The van der Waals surface area contributed by atoms with Gasteiger partial charge < -0.3 is 21.1 Å². The van der Waals surface area contributed by atoms with Gasteiger partial charge in [0.25, 0.3) is 0 Å². The van der Waals surface area contributed by atoms with Crippen molar-refractivity contribution in [1.82, 2.24) is 5.32 Å². The van der Waals surface area contributed by atoms with Crippen LogP contribution in [0.2, 0.25) is 0 Å². The molecule has 41 heavy (non-hydrogen) atoms. The van der Waals surface area contributed by atoms with E-state index in [2.05, 4.69) is 44.8 Å². The first-order chi connectivity index (χ1) is 19.4. The van der Waals surface area contributed by atoms with Crippen molar-refractivity contribution in [3.05, 3.63) is 5.56 Å². The van der Waals surface area contributed by atoms with Crippen molar-refractivity contribution >= 4 is 55.0 Å². The molecule has 0 radical (unpaired) electrons. The van der Waals surface area contributed by atoms with Crippen LogP contribution in [0.5, 0.6) is 0 Å². The Morgan fingerprint density at radius 2 is 1.66 bits per heavy atom. The van der Waals surface area contributed by atoms with Gasteiger partial charge in [-0.05, 0) is 94.7 Å². The third-order valence-corrected chi connectivity index (χ3v) is 11.2. The van der Waals surface area contributed by atoms with Crippen molar-refractivity contribution < 1.29 is 9.90 Å². The van der Waals surface area contributed by atoms with Gasteiger partial charge >= 0.3 is 0 Å². The highest BCUT2D eigenvalue weighted by atomic mass is 32.1. The summed E-state index contributed by atoms with van der Waals surface area (Å²) in [5.74, 6) is 1.48. The molecule has 5 nitrogen and oxygen atoms in total. The lowest BCUT2D eigenvalue weighted by atomic mass is 9.70. The zero-order valence-electron chi connectivity index (χ0n) is 26.6. The summed E-state index contributed by atoms with van der Waals surface area (Å²) in [7, 11) is 0. The van der Waals surface area contributed by atoms with Crippen LogP contribution in [0.1, 0.15) is 111 Å². The Morgan fingerprint density at radius 1 is 1.00 bits per heavy atom. The maximum atomic E-state index is 12.6.